The largest absolute Gasteiger partial charge is 0.378 e. The molecule has 25 heavy (non-hydrogen) atoms. The molecule has 0 spiro atoms. The van der Waals surface area contributed by atoms with E-state index in [-0.39, 0.29) is 5.75 Å². The summed E-state index contributed by atoms with van der Waals surface area (Å²) in [5.41, 5.74) is 3.04. The summed E-state index contributed by atoms with van der Waals surface area (Å²) in [6.45, 7) is 4.85. The third-order valence-corrected chi connectivity index (χ3v) is 5.76. The predicted octanol–water partition coefficient (Wildman–Crippen LogP) is 3.43. The van der Waals surface area contributed by atoms with E-state index in [1.807, 2.05) is 25.1 Å². The number of benzene rings is 2. The molecule has 1 aliphatic rings. The van der Waals surface area contributed by atoms with E-state index >= 15 is 0 Å². The zero-order valence-corrected chi connectivity index (χ0v) is 15.6. The number of rotatable bonds is 5. The van der Waals surface area contributed by atoms with Gasteiger partial charge >= 0.3 is 0 Å². The molecule has 0 saturated carbocycles. The SMILES string of the molecule is Cc1ccc(N2CCOCC2)cc1NS(=O)(=O)Cc1ccccc1Cl. The average molecular weight is 381 g/mol. The zero-order valence-electron chi connectivity index (χ0n) is 14.0. The lowest BCUT2D eigenvalue weighted by atomic mass is 10.1. The summed E-state index contributed by atoms with van der Waals surface area (Å²) in [4.78, 5) is 2.19. The highest BCUT2D eigenvalue weighted by atomic mass is 35.5. The summed E-state index contributed by atoms with van der Waals surface area (Å²) in [6, 6.07) is 12.8. The summed E-state index contributed by atoms with van der Waals surface area (Å²) >= 11 is 6.08. The highest BCUT2D eigenvalue weighted by Crippen LogP contribution is 2.26. The Morgan fingerprint density at radius 2 is 1.88 bits per heavy atom. The van der Waals surface area contributed by atoms with Crippen LogP contribution < -0.4 is 9.62 Å². The predicted molar refractivity (Wildman–Crippen MR) is 102 cm³/mol. The van der Waals surface area contributed by atoms with Crippen LogP contribution in [0.15, 0.2) is 42.5 Å². The summed E-state index contributed by atoms with van der Waals surface area (Å²) in [7, 11) is -3.56. The van der Waals surface area contributed by atoms with E-state index in [1.54, 1.807) is 24.3 Å². The van der Waals surface area contributed by atoms with Crippen molar-refractivity contribution in [1.29, 1.82) is 0 Å². The second-order valence-electron chi connectivity index (χ2n) is 6.05. The van der Waals surface area contributed by atoms with Crippen LogP contribution in [0.3, 0.4) is 0 Å². The number of nitrogens with zero attached hydrogens (tertiary/aromatic N) is 1. The Kier molecular flexibility index (Phi) is 5.51. The topological polar surface area (TPSA) is 58.6 Å². The number of halogens is 1. The average Bonchev–Trinajstić information content (AvgIpc) is 2.59. The van der Waals surface area contributed by atoms with Gasteiger partial charge in [-0.1, -0.05) is 35.9 Å². The summed E-state index contributed by atoms with van der Waals surface area (Å²) < 4.78 is 33.2. The molecule has 1 N–H and O–H groups in total. The molecule has 1 heterocycles. The Morgan fingerprint density at radius 3 is 2.60 bits per heavy atom. The van der Waals surface area contributed by atoms with Crippen molar-refractivity contribution in [2.75, 3.05) is 35.9 Å². The number of hydrogen-bond acceptors (Lipinski definition) is 4. The highest BCUT2D eigenvalue weighted by Gasteiger charge is 2.17. The van der Waals surface area contributed by atoms with Crippen molar-refractivity contribution in [3.05, 3.63) is 58.6 Å². The Bertz CT molecular complexity index is 849. The fourth-order valence-corrected chi connectivity index (χ4v) is 4.33. The molecule has 3 rings (SSSR count). The van der Waals surface area contributed by atoms with Crippen molar-refractivity contribution in [3.63, 3.8) is 0 Å². The van der Waals surface area contributed by atoms with E-state index in [0.29, 0.717) is 29.5 Å². The van der Waals surface area contributed by atoms with Gasteiger partial charge in [0.1, 0.15) is 0 Å². The fraction of sp³-hybridized carbons (Fsp3) is 0.333. The second-order valence-corrected chi connectivity index (χ2v) is 8.18. The molecule has 5 nitrogen and oxygen atoms in total. The van der Waals surface area contributed by atoms with Crippen molar-refractivity contribution >= 4 is 33.0 Å². The van der Waals surface area contributed by atoms with Crippen molar-refractivity contribution in [2.24, 2.45) is 0 Å². The molecule has 0 atom stereocenters. The molecule has 0 radical (unpaired) electrons. The number of morpholine rings is 1. The minimum atomic E-state index is -3.56. The van der Waals surface area contributed by atoms with Crippen LogP contribution in [-0.2, 0) is 20.5 Å². The van der Waals surface area contributed by atoms with Crippen molar-refractivity contribution in [3.8, 4) is 0 Å². The molecular formula is C18H21ClN2O3S. The van der Waals surface area contributed by atoms with Gasteiger partial charge in [-0.15, -0.1) is 0 Å². The van der Waals surface area contributed by atoms with Gasteiger partial charge in [0.2, 0.25) is 10.0 Å². The Labute approximate surface area is 153 Å². The van der Waals surface area contributed by atoms with E-state index in [0.717, 1.165) is 24.3 Å². The van der Waals surface area contributed by atoms with Crippen LogP contribution in [-0.4, -0.2) is 34.7 Å². The van der Waals surface area contributed by atoms with Crippen molar-refractivity contribution < 1.29 is 13.2 Å². The first-order valence-corrected chi connectivity index (χ1v) is 10.1. The highest BCUT2D eigenvalue weighted by molar-refractivity contribution is 7.91. The minimum Gasteiger partial charge on any atom is -0.378 e. The lowest BCUT2D eigenvalue weighted by molar-refractivity contribution is 0.122. The van der Waals surface area contributed by atoms with Gasteiger partial charge in [-0.3, -0.25) is 4.72 Å². The molecule has 1 saturated heterocycles. The van der Waals surface area contributed by atoms with E-state index in [1.165, 1.54) is 0 Å². The van der Waals surface area contributed by atoms with Gasteiger partial charge in [0, 0.05) is 23.8 Å². The van der Waals surface area contributed by atoms with Gasteiger partial charge in [0.05, 0.1) is 24.7 Å². The van der Waals surface area contributed by atoms with Crippen LogP contribution in [0.2, 0.25) is 5.02 Å². The third kappa shape index (κ3) is 4.66. The smallest absolute Gasteiger partial charge is 0.236 e. The molecule has 0 unspecified atom stereocenters. The Balaban J connectivity index is 1.80. The van der Waals surface area contributed by atoms with Crippen LogP contribution in [0, 0.1) is 6.92 Å². The number of ether oxygens (including phenoxy) is 1. The van der Waals surface area contributed by atoms with Crippen LogP contribution in [0.5, 0.6) is 0 Å². The molecule has 1 aliphatic heterocycles. The number of sulfonamides is 1. The van der Waals surface area contributed by atoms with Crippen LogP contribution in [0.25, 0.3) is 0 Å². The minimum absolute atomic E-state index is 0.159. The molecule has 2 aromatic rings. The molecular weight excluding hydrogens is 360 g/mol. The molecule has 7 heteroatoms. The maximum Gasteiger partial charge on any atom is 0.236 e. The van der Waals surface area contributed by atoms with Crippen LogP contribution >= 0.6 is 11.6 Å². The lowest BCUT2D eigenvalue weighted by Crippen LogP contribution is -2.36. The van der Waals surface area contributed by atoms with Gasteiger partial charge in [-0.25, -0.2) is 8.42 Å². The van der Waals surface area contributed by atoms with Gasteiger partial charge in [-0.2, -0.15) is 0 Å². The van der Waals surface area contributed by atoms with Crippen LogP contribution in [0.1, 0.15) is 11.1 Å². The number of nitrogens with one attached hydrogen (secondary N) is 1. The number of aryl methyl sites for hydroxylation is 1. The summed E-state index contributed by atoms with van der Waals surface area (Å²) in [5.74, 6) is -0.159. The maximum atomic E-state index is 12.6. The standard InChI is InChI=1S/C18H21ClN2O3S/c1-14-6-7-16(21-8-10-24-11-9-21)12-18(14)20-25(22,23)13-15-4-2-3-5-17(15)19/h2-7,12,20H,8-11,13H2,1H3. The molecule has 1 fully saturated rings. The van der Waals surface area contributed by atoms with E-state index in [9.17, 15) is 8.42 Å². The van der Waals surface area contributed by atoms with Gasteiger partial charge < -0.3 is 9.64 Å². The Morgan fingerprint density at radius 1 is 1.16 bits per heavy atom. The molecule has 0 amide bonds. The number of hydrogen-bond donors (Lipinski definition) is 1. The Hall–Kier alpha value is -1.76. The third-order valence-electron chi connectivity index (χ3n) is 4.17. The van der Waals surface area contributed by atoms with Gasteiger partial charge in [-0.05, 0) is 36.2 Å². The molecule has 0 aliphatic carbocycles. The first-order chi connectivity index (χ1) is 11.9. The summed E-state index contributed by atoms with van der Waals surface area (Å²) in [6.07, 6.45) is 0. The second kappa shape index (κ2) is 7.64. The summed E-state index contributed by atoms with van der Waals surface area (Å²) in [5, 5.41) is 0.451. The lowest BCUT2D eigenvalue weighted by Gasteiger charge is -2.29. The van der Waals surface area contributed by atoms with Crippen LogP contribution in [0.4, 0.5) is 11.4 Å². The maximum absolute atomic E-state index is 12.6. The van der Waals surface area contributed by atoms with Gasteiger partial charge in [0.15, 0.2) is 0 Å². The fourth-order valence-electron chi connectivity index (χ4n) is 2.76. The number of anilines is 2. The molecule has 2 aromatic carbocycles. The zero-order chi connectivity index (χ0) is 17.9. The molecule has 0 aromatic heterocycles. The normalized spacial score (nSPS) is 15.2. The molecule has 0 bridgehead atoms. The molecule has 134 valence electrons. The van der Waals surface area contributed by atoms with E-state index in [4.69, 9.17) is 16.3 Å². The van der Waals surface area contributed by atoms with E-state index < -0.39 is 10.0 Å². The monoisotopic (exact) mass is 380 g/mol. The van der Waals surface area contributed by atoms with Crippen molar-refractivity contribution in [1.82, 2.24) is 0 Å². The van der Waals surface area contributed by atoms with Gasteiger partial charge in [0.25, 0.3) is 0 Å². The van der Waals surface area contributed by atoms with E-state index in [2.05, 4.69) is 9.62 Å². The first kappa shape index (κ1) is 18.0. The van der Waals surface area contributed by atoms with Crippen molar-refractivity contribution in [2.45, 2.75) is 12.7 Å². The quantitative estimate of drug-likeness (QED) is 0.863. The first-order valence-electron chi connectivity index (χ1n) is 8.12.